The fraction of sp³-hybridized carbons (Fsp3) is 0.875. The van der Waals surface area contributed by atoms with E-state index in [1.54, 1.807) is 0 Å². The van der Waals surface area contributed by atoms with Crippen molar-refractivity contribution in [2.24, 2.45) is 11.8 Å². The van der Waals surface area contributed by atoms with E-state index in [0.29, 0.717) is 5.25 Å². The maximum absolute atomic E-state index is 11.0. The molecule has 3 N–H and O–H groups in total. The molecule has 0 radical (unpaired) electrons. The van der Waals surface area contributed by atoms with Gasteiger partial charge in [-0.15, -0.1) is 0 Å². The van der Waals surface area contributed by atoms with Crippen molar-refractivity contribution < 1.29 is 4.79 Å². The van der Waals surface area contributed by atoms with Crippen molar-refractivity contribution in [1.29, 1.82) is 0 Å². The summed E-state index contributed by atoms with van der Waals surface area (Å²) in [6.45, 7) is 6.20. The van der Waals surface area contributed by atoms with Gasteiger partial charge in [-0.2, -0.15) is 11.8 Å². The zero-order valence-corrected chi connectivity index (χ0v) is 8.78. The third kappa shape index (κ3) is 4.62. The molecule has 0 bridgehead atoms. The first-order valence-corrected chi connectivity index (χ1v) is 5.28. The second-order valence-corrected chi connectivity index (χ2v) is 4.43. The van der Waals surface area contributed by atoms with E-state index in [-0.39, 0.29) is 11.8 Å². The van der Waals surface area contributed by atoms with Crippen LogP contribution in [-0.2, 0) is 4.79 Å². The van der Waals surface area contributed by atoms with Crippen LogP contribution in [-0.4, -0.2) is 16.9 Å². The Balaban J connectivity index is 3.56. The Morgan fingerprint density at radius 3 is 2.58 bits per heavy atom. The molecular formula is C8H18N2OS. The highest BCUT2D eigenvalue weighted by Crippen LogP contribution is 2.16. The second kappa shape index (κ2) is 6.31. The van der Waals surface area contributed by atoms with Crippen molar-refractivity contribution in [3.8, 4) is 0 Å². The zero-order valence-electron chi connectivity index (χ0n) is 7.96. The summed E-state index contributed by atoms with van der Waals surface area (Å²) in [7, 11) is 0. The van der Waals surface area contributed by atoms with Gasteiger partial charge in [-0.3, -0.25) is 10.2 Å². The Kier molecular flexibility index (Phi) is 6.20. The molecule has 2 unspecified atom stereocenters. The van der Waals surface area contributed by atoms with E-state index < -0.39 is 0 Å². The molecule has 0 fully saturated rings. The Morgan fingerprint density at radius 1 is 1.58 bits per heavy atom. The number of nitrogens with two attached hydrogens (primary N) is 1. The van der Waals surface area contributed by atoms with Crippen molar-refractivity contribution in [1.82, 2.24) is 5.43 Å². The van der Waals surface area contributed by atoms with Gasteiger partial charge in [0, 0.05) is 16.9 Å². The number of amides is 1. The summed E-state index contributed by atoms with van der Waals surface area (Å²) < 4.78 is 0. The summed E-state index contributed by atoms with van der Waals surface area (Å²) in [6, 6.07) is 0. The van der Waals surface area contributed by atoms with Crippen LogP contribution in [0.3, 0.4) is 0 Å². The molecule has 0 aromatic carbocycles. The summed E-state index contributed by atoms with van der Waals surface area (Å²) in [4.78, 5) is 11.0. The van der Waals surface area contributed by atoms with Crippen LogP contribution >= 0.6 is 11.8 Å². The average Bonchev–Trinajstić information content (AvgIpc) is 2.11. The first kappa shape index (κ1) is 11.8. The molecule has 2 atom stereocenters. The van der Waals surface area contributed by atoms with Crippen LogP contribution in [0.25, 0.3) is 0 Å². The monoisotopic (exact) mass is 190 g/mol. The highest BCUT2D eigenvalue weighted by Gasteiger charge is 2.12. The van der Waals surface area contributed by atoms with E-state index >= 15 is 0 Å². The van der Waals surface area contributed by atoms with Crippen molar-refractivity contribution >= 4 is 17.7 Å². The maximum Gasteiger partial charge on any atom is 0.237 e. The van der Waals surface area contributed by atoms with Crippen LogP contribution < -0.4 is 11.3 Å². The first-order chi connectivity index (χ1) is 5.61. The van der Waals surface area contributed by atoms with Crippen molar-refractivity contribution in [3.05, 3.63) is 0 Å². The minimum Gasteiger partial charge on any atom is -0.294 e. The Hall–Kier alpha value is -0.220. The number of carbonyl (C=O) groups is 1. The molecule has 0 aromatic rings. The number of rotatable bonds is 5. The lowest BCUT2D eigenvalue weighted by Gasteiger charge is -2.12. The van der Waals surface area contributed by atoms with E-state index in [2.05, 4.69) is 19.3 Å². The van der Waals surface area contributed by atoms with Gasteiger partial charge >= 0.3 is 0 Å². The molecule has 0 saturated heterocycles. The van der Waals surface area contributed by atoms with E-state index in [0.717, 1.165) is 12.2 Å². The number of nitrogens with one attached hydrogen (secondary N) is 1. The van der Waals surface area contributed by atoms with Gasteiger partial charge in [0.15, 0.2) is 0 Å². The molecule has 0 rings (SSSR count). The van der Waals surface area contributed by atoms with Gasteiger partial charge < -0.3 is 0 Å². The third-order valence-corrected chi connectivity index (χ3v) is 3.39. The lowest BCUT2D eigenvalue weighted by molar-refractivity contribution is -0.123. The second-order valence-electron chi connectivity index (χ2n) is 2.96. The smallest absolute Gasteiger partial charge is 0.237 e. The quantitative estimate of drug-likeness (QED) is 0.388. The predicted molar refractivity (Wildman–Crippen MR) is 53.7 cm³/mol. The topological polar surface area (TPSA) is 55.1 Å². The van der Waals surface area contributed by atoms with Crippen LogP contribution in [0, 0.1) is 5.92 Å². The van der Waals surface area contributed by atoms with Crippen LogP contribution in [0.1, 0.15) is 27.2 Å². The van der Waals surface area contributed by atoms with Gasteiger partial charge in [0.05, 0.1) is 0 Å². The summed E-state index contributed by atoms with van der Waals surface area (Å²) in [5.41, 5.74) is 2.15. The summed E-state index contributed by atoms with van der Waals surface area (Å²) >= 11 is 1.81. The number of thioether (sulfide) groups is 1. The number of carbonyl (C=O) groups excluding carboxylic acids is 1. The minimum absolute atomic E-state index is 0.00833. The van der Waals surface area contributed by atoms with Crippen molar-refractivity contribution in [3.63, 3.8) is 0 Å². The Labute approximate surface area is 78.4 Å². The Morgan fingerprint density at radius 2 is 2.17 bits per heavy atom. The molecule has 0 aliphatic rings. The van der Waals surface area contributed by atoms with Gasteiger partial charge in [-0.25, -0.2) is 5.84 Å². The Bertz CT molecular complexity index is 141. The molecule has 0 aromatic heterocycles. The molecule has 12 heavy (non-hydrogen) atoms. The average molecular weight is 190 g/mol. The third-order valence-electron chi connectivity index (χ3n) is 1.80. The number of hydrogen-bond donors (Lipinski definition) is 2. The molecule has 0 heterocycles. The van der Waals surface area contributed by atoms with Crippen LogP contribution in [0.2, 0.25) is 0 Å². The van der Waals surface area contributed by atoms with Gasteiger partial charge in [-0.1, -0.05) is 20.8 Å². The largest absolute Gasteiger partial charge is 0.294 e. The molecule has 0 spiro atoms. The maximum atomic E-state index is 11.0. The van der Waals surface area contributed by atoms with E-state index in [9.17, 15) is 4.79 Å². The normalized spacial score (nSPS) is 15.3. The van der Waals surface area contributed by atoms with Gasteiger partial charge in [0.2, 0.25) is 5.91 Å². The summed E-state index contributed by atoms with van der Waals surface area (Å²) in [5.74, 6) is 5.78. The molecular weight excluding hydrogens is 172 g/mol. The van der Waals surface area contributed by atoms with Crippen molar-refractivity contribution in [2.45, 2.75) is 32.4 Å². The molecule has 0 aliphatic heterocycles. The number of hydrogen-bond acceptors (Lipinski definition) is 3. The van der Waals surface area contributed by atoms with Gasteiger partial charge in [-0.05, 0) is 6.42 Å². The highest BCUT2D eigenvalue weighted by atomic mass is 32.2. The summed E-state index contributed by atoms with van der Waals surface area (Å²) in [5, 5.41) is 0.623. The van der Waals surface area contributed by atoms with E-state index in [1.807, 2.05) is 18.7 Å². The molecule has 0 aliphatic carbocycles. The van der Waals surface area contributed by atoms with E-state index in [1.165, 1.54) is 0 Å². The van der Waals surface area contributed by atoms with Crippen molar-refractivity contribution in [2.75, 3.05) is 5.75 Å². The minimum atomic E-state index is -0.0780. The predicted octanol–water partition coefficient (Wildman–Crippen LogP) is 1.14. The molecule has 1 amide bonds. The molecule has 72 valence electrons. The molecule has 3 nitrogen and oxygen atoms in total. The lowest BCUT2D eigenvalue weighted by Crippen LogP contribution is -2.35. The van der Waals surface area contributed by atoms with Crippen LogP contribution in [0.5, 0.6) is 0 Å². The fourth-order valence-electron chi connectivity index (χ4n) is 0.644. The molecule has 0 saturated carbocycles. The van der Waals surface area contributed by atoms with Gasteiger partial charge in [0.25, 0.3) is 0 Å². The SMILES string of the molecule is CCC(C)SCC(C)C(=O)NN. The number of hydrazine groups is 1. The first-order valence-electron chi connectivity index (χ1n) is 4.23. The lowest BCUT2D eigenvalue weighted by atomic mass is 10.2. The zero-order chi connectivity index (χ0) is 9.56. The van der Waals surface area contributed by atoms with Crippen LogP contribution in [0.15, 0.2) is 0 Å². The van der Waals surface area contributed by atoms with E-state index in [4.69, 9.17) is 5.84 Å². The highest BCUT2D eigenvalue weighted by molar-refractivity contribution is 7.99. The molecule has 4 heteroatoms. The van der Waals surface area contributed by atoms with Gasteiger partial charge in [0.1, 0.15) is 0 Å². The fourth-order valence-corrected chi connectivity index (χ4v) is 1.65. The standard InChI is InChI=1S/C8H18N2OS/c1-4-7(3)12-5-6(2)8(11)10-9/h6-7H,4-5,9H2,1-3H3,(H,10,11). The summed E-state index contributed by atoms with van der Waals surface area (Å²) in [6.07, 6.45) is 1.14. The van der Waals surface area contributed by atoms with Crippen LogP contribution in [0.4, 0.5) is 0 Å².